The van der Waals surface area contributed by atoms with E-state index in [9.17, 15) is 9.18 Å². The highest BCUT2D eigenvalue weighted by molar-refractivity contribution is 7.99. The van der Waals surface area contributed by atoms with Crippen LogP contribution in [0.2, 0.25) is 0 Å². The molecular weight excluding hydrogens is 351 g/mol. The van der Waals surface area contributed by atoms with Crippen LogP contribution in [-0.4, -0.2) is 26.3 Å². The van der Waals surface area contributed by atoms with Gasteiger partial charge in [-0.2, -0.15) is 4.98 Å². The molecule has 2 aromatic rings. The van der Waals surface area contributed by atoms with E-state index in [4.69, 9.17) is 0 Å². The molecule has 2 atom stereocenters. The van der Waals surface area contributed by atoms with E-state index in [-0.39, 0.29) is 17.0 Å². The summed E-state index contributed by atoms with van der Waals surface area (Å²) in [6.07, 6.45) is 2.51. The summed E-state index contributed by atoms with van der Waals surface area (Å²) in [6.45, 7) is 6.10. The molecule has 0 saturated heterocycles. The highest BCUT2D eigenvalue weighted by Crippen LogP contribution is 2.45. The van der Waals surface area contributed by atoms with Gasteiger partial charge in [-0.25, -0.2) is 9.07 Å². The number of carbonyl (C=O) groups is 1. The molecule has 0 saturated carbocycles. The minimum Gasteiger partial charge on any atom is -0.328 e. The van der Waals surface area contributed by atoms with Gasteiger partial charge >= 0.3 is 0 Å². The first-order valence-electron chi connectivity index (χ1n) is 8.76. The number of benzene rings is 1. The number of hydrogen-bond donors (Lipinski definition) is 1. The Labute approximate surface area is 156 Å². The second kappa shape index (κ2) is 6.23. The zero-order valence-electron chi connectivity index (χ0n) is 15.0. The van der Waals surface area contributed by atoms with Crippen LogP contribution in [0.15, 0.2) is 41.2 Å². The molecule has 4 rings (SSSR count). The highest BCUT2D eigenvalue weighted by atomic mass is 32.2. The number of ketones is 1. The number of Topliss-reactive ketones (excluding diaryl/α,β-unsaturated/α-hetero) is 1. The van der Waals surface area contributed by atoms with Crippen molar-refractivity contribution in [1.29, 1.82) is 0 Å². The fourth-order valence-corrected chi connectivity index (χ4v) is 4.38. The van der Waals surface area contributed by atoms with Gasteiger partial charge in [0.1, 0.15) is 11.6 Å². The summed E-state index contributed by atoms with van der Waals surface area (Å²) in [7, 11) is 0. The summed E-state index contributed by atoms with van der Waals surface area (Å²) in [5, 5.41) is 8.47. The Morgan fingerprint density at radius 2 is 2.15 bits per heavy atom. The smallest absolute Gasteiger partial charge is 0.227 e. The zero-order valence-corrected chi connectivity index (χ0v) is 15.8. The van der Waals surface area contributed by atoms with Crippen LogP contribution in [0.25, 0.3) is 0 Å². The van der Waals surface area contributed by atoms with Crippen molar-refractivity contribution in [3.8, 4) is 0 Å². The van der Waals surface area contributed by atoms with Crippen molar-refractivity contribution >= 4 is 23.5 Å². The molecule has 136 valence electrons. The Kier molecular flexibility index (Phi) is 4.14. The molecule has 26 heavy (non-hydrogen) atoms. The monoisotopic (exact) mass is 372 g/mol. The van der Waals surface area contributed by atoms with Crippen molar-refractivity contribution in [2.24, 2.45) is 11.3 Å². The molecule has 1 aromatic heterocycles. The van der Waals surface area contributed by atoms with Gasteiger partial charge in [-0.3, -0.25) is 4.79 Å². The molecule has 2 aliphatic rings. The molecule has 0 spiro atoms. The van der Waals surface area contributed by atoms with Crippen LogP contribution in [0.4, 0.5) is 10.3 Å². The van der Waals surface area contributed by atoms with Crippen molar-refractivity contribution in [2.75, 3.05) is 11.1 Å². The van der Waals surface area contributed by atoms with Crippen molar-refractivity contribution in [2.45, 2.75) is 38.4 Å². The van der Waals surface area contributed by atoms with Gasteiger partial charge in [-0.15, -0.1) is 5.10 Å². The largest absolute Gasteiger partial charge is 0.328 e. The first kappa shape index (κ1) is 17.3. The molecule has 0 fully saturated rings. The first-order valence-corrected chi connectivity index (χ1v) is 9.74. The quantitative estimate of drug-likeness (QED) is 0.824. The third-order valence-corrected chi connectivity index (χ3v) is 5.52. The third-order valence-electron chi connectivity index (χ3n) is 4.80. The summed E-state index contributed by atoms with van der Waals surface area (Å²) in [5.41, 5.74) is 1.03. The van der Waals surface area contributed by atoms with E-state index >= 15 is 0 Å². The Bertz CT molecular complexity index is 905. The summed E-state index contributed by atoms with van der Waals surface area (Å²) in [6, 6.07) is 6.08. The van der Waals surface area contributed by atoms with Gasteiger partial charge in [0.2, 0.25) is 11.1 Å². The van der Waals surface area contributed by atoms with Crippen molar-refractivity contribution in [3.05, 3.63) is 47.4 Å². The predicted molar refractivity (Wildman–Crippen MR) is 99.6 cm³/mol. The van der Waals surface area contributed by atoms with Crippen molar-refractivity contribution in [1.82, 2.24) is 14.8 Å². The molecule has 0 bridgehead atoms. The molecule has 2 heterocycles. The van der Waals surface area contributed by atoms with Crippen LogP contribution in [-0.2, 0) is 4.79 Å². The Balaban J connectivity index is 1.91. The number of rotatable bonds is 3. The Morgan fingerprint density at radius 3 is 2.88 bits per heavy atom. The fraction of sp³-hybridized carbons (Fsp3) is 0.421. The van der Waals surface area contributed by atoms with Crippen molar-refractivity contribution < 1.29 is 9.18 Å². The number of aromatic nitrogens is 3. The number of hydrogen-bond acceptors (Lipinski definition) is 5. The molecule has 5 nitrogen and oxygen atoms in total. The molecule has 1 aliphatic carbocycles. The lowest BCUT2D eigenvalue weighted by atomic mass is 9.72. The second-order valence-electron chi connectivity index (χ2n) is 7.40. The SMILES string of the molecule is CCSc1nc2n(n1)[C@H](c1ccccc1F)[C@H]1C(=O)CC(C)(C)C=C1N2. The van der Waals surface area contributed by atoms with Crippen LogP contribution < -0.4 is 5.32 Å². The molecule has 0 radical (unpaired) electrons. The van der Waals surface area contributed by atoms with Crippen LogP contribution >= 0.6 is 11.8 Å². The van der Waals surface area contributed by atoms with Crippen LogP contribution in [0.3, 0.4) is 0 Å². The summed E-state index contributed by atoms with van der Waals surface area (Å²) in [4.78, 5) is 17.6. The van der Waals surface area contributed by atoms with E-state index in [0.717, 1.165) is 11.4 Å². The topological polar surface area (TPSA) is 59.8 Å². The average molecular weight is 372 g/mol. The maximum Gasteiger partial charge on any atom is 0.227 e. The number of anilines is 1. The number of allylic oxidation sites excluding steroid dienone is 2. The summed E-state index contributed by atoms with van der Waals surface area (Å²) < 4.78 is 16.3. The normalized spacial score (nSPS) is 23.7. The summed E-state index contributed by atoms with van der Waals surface area (Å²) in [5.74, 6) is 0.684. The van der Waals surface area contributed by atoms with E-state index in [0.29, 0.717) is 23.1 Å². The molecule has 7 heteroatoms. The van der Waals surface area contributed by atoms with E-state index < -0.39 is 12.0 Å². The van der Waals surface area contributed by atoms with Gasteiger partial charge < -0.3 is 5.32 Å². The highest BCUT2D eigenvalue weighted by Gasteiger charge is 2.45. The minimum absolute atomic E-state index is 0.0964. The van der Waals surface area contributed by atoms with Crippen LogP contribution in [0, 0.1) is 17.2 Å². The van der Waals surface area contributed by atoms with Gasteiger partial charge in [0.05, 0.1) is 12.0 Å². The zero-order chi connectivity index (χ0) is 18.5. The maximum atomic E-state index is 14.6. The molecule has 1 N–H and O–H groups in total. The molecule has 1 aromatic carbocycles. The van der Waals surface area contributed by atoms with Crippen LogP contribution in [0.5, 0.6) is 0 Å². The van der Waals surface area contributed by atoms with Crippen LogP contribution in [0.1, 0.15) is 38.8 Å². The standard InChI is InChI=1S/C19H21FN4OS/c1-4-26-18-22-17-21-13-9-19(2,3)10-14(25)15(13)16(24(17)23-18)11-7-5-6-8-12(11)20/h5-9,15-16H,4,10H2,1-3H3,(H,21,22,23)/t15-,16-/m1/s1. The van der Waals surface area contributed by atoms with E-state index in [2.05, 4.69) is 21.5 Å². The molecular formula is C19H21FN4OS. The fourth-order valence-electron chi connectivity index (χ4n) is 3.82. The van der Waals surface area contributed by atoms with E-state index in [1.807, 2.05) is 20.8 Å². The van der Waals surface area contributed by atoms with Gasteiger partial charge in [-0.05, 0) is 17.2 Å². The number of fused-ring (bicyclic) bond motifs is 2. The minimum atomic E-state index is -0.527. The molecule has 0 unspecified atom stereocenters. The lowest BCUT2D eigenvalue weighted by molar-refractivity contribution is -0.125. The van der Waals surface area contributed by atoms with Gasteiger partial charge in [0.15, 0.2) is 0 Å². The lowest BCUT2D eigenvalue weighted by Crippen LogP contribution is -2.42. The molecule has 0 amide bonds. The average Bonchev–Trinajstić information content (AvgIpc) is 2.95. The number of halogens is 1. The Hall–Kier alpha value is -2.15. The van der Waals surface area contributed by atoms with E-state index in [1.54, 1.807) is 22.9 Å². The molecule has 1 aliphatic heterocycles. The first-order chi connectivity index (χ1) is 12.4. The number of nitrogens with zero attached hydrogens (tertiary/aromatic N) is 3. The van der Waals surface area contributed by atoms with Gasteiger partial charge in [-0.1, -0.05) is 56.8 Å². The number of carbonyl (C=O) groups excluding carboxylic acids is 1. The Morgan fingerprint density at radius 1 is 1.38 bits per heavy atom. The third kappa shape index (κ3) is 2.84. The van der Waals surface area contributed by atoms with Crippen molar-refractivity contribution in [3.63, 3.8) is 0 Å². The van der Waals surface area contributed by atoms with Gasteiger partial charge in [0, 0.05) is 17.7 Å². The van der Waals surface area contributed by atoms with E-state index in [1.165, 1.54) is 17.8 Å². The summed E-state index contributed by atoms with van der Waals surface area (Å²) >= 11 is 1.52. The second-order valence-corrected chi connectivity index (χ2v) is 8.63. The van der Waals surface area contributed by atoms with Gasteiger partial charge in [0.25, 0.3) is 0 Å². The number of nitrogens with one attached hydrogen (secondary N) is 1. The maximum absolute atomic E-state index is 14.6. The lowest BCUT2D eigenvalue weighted by Gasteiger charge is -2.40. The predicted octanol–water partition coefficient (Wildman–Crippen LogP) is 4.04. The number of thioether (sulfide) groups is 1.